The molecule has 1 aromatic rings. The van der Waals surface area contributed by atoms with Gasteiger partial charge >= 0.3 is 29.6 Å². The van der Waals surface area contributed by atoms with Gasteiger partial charge < -0.3 is 0 Å². The van der Waals surface area contributed by atoms with Crippen molar-refractivity contribution in [2.45, 2.75) is 51.3 Å². The second kappa shape index (κ2) is 12.3. The summed E-state index contributed by atoms with van der Waals surface area (Å²) in [6.45, 7) is 9.28. The fourth-order valence-corrected chi connectivity index (χ4v) is 2.43. The van der Waals surface area contributed by atoms with Crippen LogP contribution in [0.4, 0.5) is 0 Å². The molecule has 0 aliphatic rings. The molecule has 5 heteroatoms. The van der Waals surface area contributed by atoms with Gasteiger partial charge in [-0.1, -0.05) is 38.3 Å². The Bertz CT molecular complexity index is 522. The molecule has 1 aromatic carbocycles. The Morgan fingerprint density at radius 2 is 1.86 bits per heavy atom. The van der Waals surface area contributed by atoms with Gasteiger partial charge in [0.2, 0.25) is 0 Å². The summed E-state index contributed by atoms with van der Waals surface area (Å²) in [4.78, 5) is -0.0116. The molecule has 0 spiro atoms. The normalized spacial score (nSPS) is 10.7. The molecule has 0 heterocycles. The fourth-order valence-electron chi connectivity index (χ4n) is 1.63. The molecule has 0 saturated carbocycles. The predicted molar refractivity (Wildman–Crippen MR) is 84.4 cm³/mol. The minimum absolute atomic E-state index is 0. The summed E-state index contributed by atoms with van der Waals surface area (Å²) in [7, 11) is -4.06. The van der Waals surface area contributed by atoms with Gasteiger partial charge in [0, 0.05) is 0 Å². The number of hydrogen-bond donors (Lipinski definition) is 1. The van der Waals surface area contributed by atoms with Crippen LogP contribution in [0.5, 0.6) is 0 Å². The van der Waals surface area contributed by atoms with Gasteiger partial charge in [0.05, 0.1) is 4.90 Å². The Morgan fingerprint density at radius 3 is 2.29 bits per heavy atom. The third kappa shape index (κ3) is 10.1. The van der Waals surface area contributed by atoms with Crippen LogP contribution in [-0.4, -0.2) is 13.0 Å². The molecule has 3 nitrogen and oxygen atoms in total. The SMILES string of the molecule is Cc1cccc(S(=O)(=O)O)c1C.[CH2-]C=CCCCCC.[Na+]. The maximum absolute atomic E-state index is 10.8. The number of hydrogen-bond acceptors (Lipinski definition) is 2. The molecule has 0 amide bonds. The zero-order valence-corrected chi connectivity index (χ0v) is 16.4. The van der Waals surface area contributed by atoms with E-state index in [1.165, 1.54) is 31.7 Å². The van der Waals surface area contributed by atoms with Crippen molar-refractivity contribution in [3.8, 4) is 0 Å². The quantitative estimate of drug-likeness (QED) is 0.387. The number of unbranched alkanes of at least 4 members (excludes halogenated alkanes) is 3. The molecule has 0 radical (unpaired) electrons. The molecule has 114 valence electrons. The molecule has 21 heavy (non-hydrogen) atoms. The van der Waals surface area contributed by atoms with Gasteiger partial charge in [-0.05, 0) is 31.0 Å². The van der Waals surface area contributed by atoms with Crippen LogP contribution in [-0.2, 0) is 10.1 Å². The fraction of sp³-hybridized carbons (Fsp3) is 0.438. The van der Waals surface area contributed by atoms with Gasteiger partial charge in [-0.15, -0.1) is 6.42 Å². The van der Waals surface area contributed by atoms with Crippen LogP contribution in [0.1, 0.15) is 43.7 Å². The average molecular weight is 320 g/mol. The van der Waals surface area contributed by atoms with Gasteiger partial charge in [-0.3, -0.25) is 4.55 Å². The van der Waals surface area contributed by atoms with Crippen molar-refractivity contribution in [2.24, 2.45) is 0 Å². The third-order valence-corrected chi connectivity index (χ3v) is 3.97. The summed E-state index contributed by atoms with van der Waals surface area (Å²) in [5, 5.41) is 0. The van der Waals surface area contributed by atoms with Crippen LogP contribution in [0.2, 0.25) is 0 Å². The van der Waals surface area contributed by atoms with Crippen molar-refractivity contribution in [1.82, 2.24) is 0 Å². The van der Waals surface area contributed by atoms with Gasteiger partial charge in [0.25, 0.3) is 10.1 Å². The van der Waals surface area contributed by atoms with Crippen LogP contribution >= 0.6 is 0 Å². The van der Waals surface area contributed by atoms with Crippen LogP contribution in [0.15, 0.2) is 35.2 Å². The third-order valence-electron chi connectivity index (χ3n) is 2.97. The summed E-state index contributed by atoms with van der Waals surface area (Å²) < 4.78 is 30.3. The Kier molecular flexibility index (Phi) is 13.5. The van der Waals surface area contributed by atoms with Crippen molar-refractivity contribution in [2.75, 3.05) is 0 Å². The molecular weight excluding hydrogens is 295 g/mol. The summed E-state index contributed by atoms with van der Waals surface area (Å²) in [6.07, 6.45) is 9.18. The van der Waals surface area contributed by atoms with Crippen molar-refractivity contribution < 1.29 is 42.5 Å². The first kappa shape index (κ1) is 23.0. The van der Waals surface area contributed by atoms with Crippen molar-refractivity contribution >= 4 is 10.1 Å². The van der Waals surface area contributed by atoms with Crippen molar-refractivity contribution in [3.63, 3.8) is 0 Å². The van der Waals surface area contributed by atoms with Gasteiger partial charge in [-0.25, -0.2) is 19.1 Å². The first-order valence-electron chi connectivity index (χ1n) is 6.82. The molecule has 0 aliphatic carbocycles. The topological polar surface area (TPSA) is 54.4 Å². The van der Waals surface area contributed by atoms with Crippen molar-refractivity contribution in [3.05, 3.63) is 48.4 Å². The minimum atomic E-state index is -4.06. The molecule has 0 unspecified atom stereocenters. The molecule has 0 bridgehead atoms. The predicted octanol–water partition coefficient (Wildman–Crippen LogP) is 1.51. The zero-order chi connectivity index (χ0) is 15.6. The maximum Gasteiger partial charge on any atom is 1.00 e. The Hall–Kier alpha value is -0.260. The Morgan fingerprint density at radius 1 is 1.24 bits per heavy atom. The number of benzene rings is 1. The molecule has 0 aromatic heterocycles. The molecule has 0 atom stereocenters. The second-order valence-electron chi connectivity index (χ2n) is 4.64. The zero-order valence-electron chi connectivity index (χ0n) is 13.6. The largest absolute Gasteiger partial charge is 1.00 e. The summed E-state index contributed by atoms with van der Waals surface area (Å²) >= 11 is 0. The van der Waals surface area contributed by atoms with Crippen LogP contribution < -0.4 is 29.6 Å². The van der Waals surface area contributed by atoms with E-state index in [0.29, 0.717) is 5.56 Å². The molecule has 0 fully saturated rings. The van der Waals surface area contributed by atoms with E-state index in [1.807, 2.05) is 6.08 Å². The van der Waals surface area contributed by atoms with E-state index in [1.54, 1.807) is 26.0 Å². The number of aryl methyl sites for hydroxylation is 1. The van der Waals surface area contributed by atoms with E-state index in [4.69, 9.17) is 4.55 Å². The molecule has 1 rings (SSSR count). The maximum atomic E-state index is 10.8. The number of rotatable bonds is 5. The molecular formula is C16H25NaO3S. The van der Waals surface area contributed by atoms with Crippen LogP contribution in [0.25, 0.3) is 0 Å². The van der Waals surface area contributed by atoms with Crippen LogP contribution in [0, 0.1) is 20.8 Å². The minimum Gasteiger partial charge on any atom is -0.282 e. The van der Waals surface area contributed by atoms with E-state index in [9.17, 15) is 8.42 Å². The first-order valence-corrected chi connectivity index (χ1v) is 8.26. The smallest absolute Gasteiger partial charge is 0.282 e. The standard InChI is InChI=1S/C8H10O3S.C8H15.Na/c1-6-4-3-5-8(7(6)2)12(9,10)11;1-3-5-7-8-6-4-2;/h3-5H,1-2H3,(H,9,10,11);3,5H,1,4,6-8H2,2H3;/q;-1;+1. The number of allylic oxidation sites excluding steroid dienone is 2. The Balaban J connectivity index is 0. The Labute approximate surface area is 151 Å². The van der Waals surface area contributed by atoms with Crippen LogP contribution in [0.3, 0.4) is 0 Å². The van der Waals surface area contributed by atoms with E-state index >= 15 is 0 Å². The van der Waals surface area contributed by atoms with Gasteiger partial charge in [0.1, 0.15) is 0 Å². The monoisotopic (exact) mass is 320 g/mol. The van der Waals surface area contributed by atoms with Gasteiger partial charge in [-0.2, -0.15) is 8.42 Å². The molecule has 0 aliphatic heterocycles. The summed E-state index contributed by atoms with van der Waals surface area (Å²) in [5.74, 6) is 0. The first-order chi connectivity index (χ1) is 9.34. The van der Waals surface area contributed by atoms with E-state index in [2.05, 4.69) is 19.9 Å². The van der Waals surface area contributed by atoms with E-state index in [0.717, 1.165) is 5.56 Å². The van der Waals surface area contributed by atoms with E-state index < -0.39 is 10.1 Å². The van der Waals surface area contributed by atoms with E-state index in [-0.39, 0.29) is 34.5 Å². The second-order valence-corrected chi connectivity index (χ2v) is 6.03. The van der Waals surface area contributed by atoms with Gasteiger partial charge in [0.15, 0.2) is 0 Å². The summed E-state index contributed by atoms with van der Waals surface area (Å²) in [6, 6.07) is 4.78. The summed E-state index contributed by atoms with van der Waals surface area (Å²) in [5.41, 5.74) is 1.45. The average Bonchev–Trinajstić information content (AvgIpc) is 2.37. The van der Waals surface area contributed by atoms with Crippen molar-refractivity contribution in [1.29, 1.82) is 0 Å². The molecule has 1 N–H and O–H groups in total. The molecule has 0 saturated heterocycles.